The summed E-state index contributed by atoms with van der Waals surface area (Å²) in [6.45, 7) is 0. The molecule has 1 N–H and O–H groups in total. The van der Waals surface area contributed by atoms with Crippen LogP contribution in [0.4, 0.5) is 4.39 Å². The Morgan fingerprint density at radius 2 is 1.76 bits per heavy atom. The van der Waals surface area contributed by atoms with Crippen LogP contribution >= 0.6 is 23.5 Å². The molecule has 29 heavy (non-hydrogen) atoms. The number of nitrogens with zero attached hydrogens (tertiary/aromatic N) is 2. The van der Waals surface area contributed by atoms with Gasteiger partial charge >= 0.3 is 0 Å². The lowest BCUT2D eigenvalue weighted by atomic mass is 10.1. The summed E-state index contributed by atoms with van der Waals surface area (Å²) in [5, 5.41) is 0.839. The summed E-state index contributed by atoms with van der Waals surface area (Å²) in [5.41, 5.74) is 4.63. The van der Waals surface area contributed by atoms with Gasteiger partial charge in [0.1, 0.15) is 11.5 Å². The Balaban J connectivity index is 1.55. The molecular formula is C23H20FN3S2. The molecule has 3 nitrogen and oxygen atoms in total. The minimum absolute atomic E-state index is 0.255. The first-order chi connectivity index (χ1) is 14.2. The SMILES string of the molecule is CSc1ccc(CCSc2nc(-c3ccccn3)c(-c3ccc(F)cc3)[nH]2)cc1. The number of thioether (sulfide) groups is 2. The number of nitrogens with one attached hydrogen (secondary N) is 1. The molecule has 0 spiro atoms. The van der Waals surface area contributed by atoms with Crippen molar-refractivity contribution in [2.45, 2.75) is 16.5 Å². The molecule has 0 saturated carbocycles. The summed E-state index contributed by atoms with van der Waals surface area (Å²) in [4.78, 5) is 13.9. The van der Waals surface area contributed by atoms with Crippen molar-refractivity contribution in [3.05, 3.63) is 84.3 Å². The van der Waals surface area contributed by atoms with E-state index in [-0.39, 0.29) is 5.82 Å². The van der Waals surface area contributed by atoms with Gasteiger partial charge in [0.2, 0.25) is 0 Å². The van der Waals surface area contributed by atoms with E-state index >= 15 is 0 Å². The van der Waals surface area contributed by atoms with Crippen LogP contribution in [0.15, 0.2) is 83.0 Å². The van der Waals surface area contributed by atoms with Crippen LogP contribution in [0.1, 0.15) is 5.56 Å². The lowest BCUT2D eigenvalue weighted by molar-refractivity contribution is 0.628. The highest BCUT2D eigenvalue weighted by molar-refractivity contribution is 7.99. The number of hydrogen-bond donors (Lipinski definition) is 1. The number of pyridine rings is 1. The van der Waals surface area contributed by atoms with Gasteiger partial charge in [-0.05, 0) is 66.8 Å². The monoisotopic (exact) mass is 421 g/mol. The van der Waals surface area contributed by atoms with Gasteiger partial charge in [0.25, 0.3) is 0 Å². The minimum Gasteiger partial charge on any atom is -0.332 e. The minimum atomic E-state index is -0.255. The first-order valence-corrected chi connectivity index (χ1v) is 11.5. The Kier molecular flexibility index (Phi) is 6.32. The molecule has 0 saturated heterocycles. The van der Waals surface area contributed by atoms with E-state index in [1.165, 1.54) is 22.6 Å². The molecule has 2 aromatic heterocycles. The third kappa shape index (κ3) is 4.89. The molecule has 4 rings (SSSR count). The summed E-state index contributed by atoms with van der Waals surface area (Å²) >= 11 is 3.43. The van der Waals surface area contributed by atoms with Gasteiger partial charge in [-0.1, -0.05) is 30.0 Å². The fourth-order valence-electron chi connectivity index (χ4n) is 2.99. The van der Waals surface area contributed by atoms with Crippen LogP contribution in [0, 0.1) is 5.82 Å². The van der Waals surface area contributed by atoms with E-state index in [0.29, 0.717) is 0 Å². The van der Waals surface area contributed by atoms with E-state index in [9.17, 15) is 4.39 Å². The zero-order valence-electron chi connectivity index (χ0n) is 15.9. The van der Waals surface area contributed by atoms with Crippen LogP contribution in [0.3, 0.4) is 0 Å². The molecule has 2 heterocycles. The standard InChI is InChI=1S/C23H20FN3S2/c1-28-19-11-5-16(6-12-19)13-15-29-23-26-21(17-7-9-18(24)10-8-17)22(27-23)20-4-2-3-14-25-20/h2-12,14H,13,15H2,1H3,(H,26,27). The maximum Gasteiger partial charge on any atom is 0.166 e. The van der Waals surface area contributed by atoms with E-state index in [1.807, 2.05) is 18.2 Å². The molecule has 0 atom stereocenters. The summed E-state index contributed by atoms with van der Waals surface area (Å²) in [7, 11) is 0. The molecule has 0 bridgehead atoms. The van der Waals surface area contributed by atoms with Gasteiger partial charge in [-0.3, -0.25) is 4.98 Å². The number of aromatic nitrogens is 3. The van der Waals surface area contributed by atoms with Crippen molar-refractivity contribution < 1.29 is 4.39 Å². The molecule has 146 valence electrons. The number of hydrogen-bond acceptors (Lipinski definition) is 4. The van der Waals surface area contributed by atoms with Crippen molar-refractivity contribution in [1.82, 2.24) is 15.0 Å². The molecular weight excluding hydrogens is 401 g/mol. The number of imidazole rings is 1. The predicted molar refractivity (Wildman–Crippen MR) is 120 cm³/mol. The highest BCUT2D eigenvalue weighted by atomic mass is 32.2. The Labute approximate surface area is 178 Å². The van der Waals surface area contributed by atoms with Crippen LogP contribution in [-0.4, -0.2) is 27.0 Å². The molecule has 4 aromatic rings. The van der Waals surface area contributed by atoms with Crippen LogP contribution < -0.4 is 0 Å². The Morgan fingerprint density at radius 3 is 2.45 bits per heavy atom. The first-order valence-electron chi connectivity index (χ1n) is 9.26. The molecule has 0 aliphatic rings. The second kappa shape index (κ2) is 9.29. The first kappa shape index (κ1) is 19.7. The number of benzene rings is 2. The second-order valence-corrected chi connectivity index (χ2v) is 8.40. The number of halogens is 1. The van der Waals surface area contributed by atoms with Gasteiger partial charge in [0.05, 0.1) is 11.4 Å². The predicted octanol–water partition coefficient (Wildman–Crippen LogP) is 6.33. The quantitative estimate of drug-likeness (QED) is 0.354. The third-order valence-corrected chi connectivity index (χ3v) is 6.13. The van der Waals surface area contributed by atoms with E-state index in [2.05, 4.69) is 40.5 Å². The number of aromatic amines is 1. The fourth-order valence-corrected chi connectivity index (χ4v) is 4.26. The summed E-state index contributed by atoms with van der Waals surface area (Å²) in [5.74, 6) is 0.658. The highest BCUT2D eigenvalue weighted by Gasteiger charge is 2.15. The van der Waals surface area contributed by atoms with Gasteiger partial charge in [-0.2, -0.15) is 0 Å². The largest absolute Gasteiger partial charge is 0.332 e. The van der Waals surface area contributed by atoms with Crippen molar-refractivity contribution in [2.24, 2.45) is 0 Å². The van der Waals surface area contributed by atoms with Gasteiger partial charge in [-0.15, -0.1) is 11.8 Å². The van der Waals surface area contributed by atoms with Gasteiger partial charge in [0, 0.05) is 22.4 Å². The Morgan fingerprint density at radius 1 is 0.966 bits per heavy atom. The Bertz CT molecular complexity index is 1060. The molecule has 0 unspecified atom stereocenters. The molecule has 0 aliphatic carbocycles. The zero-order chi connectivity index (χ0) is 20.1. The number of rotatable bonds is 7. The molecule has 6 heteroatoms. The zero-order valence-corrected chi connectivity index (χ0v) is 17.6. The second-order valence-electron chi connectivity index (χ2n) is 6.43. The van der Waals surface area contributed by atoms with Gasteiger partial charge in [0.15, 0.2) is 5.16 Å². The highest BCUT2D eigenvalue weighted by Crippen LogP contribution is 2.32. The van der Waals surface area contributed by atoms with Crippen LogP contribution in [-0.2, 0) is 6.42 Å². The fraction of sp³-hybridized carbons (Fsp3) is 0.130. The van der Waals surface area contributed by atoms with Crippen molar-refractivity contribution in [3.8, 4) is 22.6 Å². The molecule has 0 aliphatic heterocycles. The van der Waals surface area contributed by atoms with E-state index in [0.717, 1.165) is 40.0 Å². The van der Waals surface area contributed by atoms with Crippen molar-refractivity contribution in [1.29, 1.82) is 0 Å². The maximum absolute atomic E-state index is 13.4. The van der Waals surface area contributed by atoms with Crippen molar-refractivity contribution in [2.75, 3.05) is 12.0 Å². The molecule has 0 amide bonds. The molecule has 2 aromatic carbocycles. The third-order valence-electron chi connectivity index (χ3n) is 4.51. The van der Waals surface area contributed by atoms with Crippen LogP contribution in [0.5, 0.6) is 0 Å². The number of H-pyrrole nitrogens is 1. The maximum atomic E-state index is 13.4. The molecule has 0 fully saturated rings. The van der Waals surface area contributed by atoms with Gasteiger partial charge < -0.3 is 4.98 Å². The summed E-state index contributed by atoms with van der Waals surface area (Å²) in [6.07, 6.45) is 4.80. The summed E-state index contributed by atoms with van der Waals surface area (Å²) < 4.78 is 13.4. The topological polar surface area (TPSA) is 41.6 Å². The average molecular weight is 422 g/mol. The van der Waals surface area contributed by atoms with Crippen LogP contribution in [0.25, 0.3) is 22.6 Å². The lowest BCUT2D eigenvalue weighted by Gasteiger charge is -2.02. The summed E-state index contributed by atoms with van der Waals surface area (Å²) in [6, 6.07) is 20.9. The van der Waals surface area contributed by atoms with E-state index in [1.54, 1.807) is 41.9 Å². The van der Waals surface area contributed by atoms with Crippen molar-refractivity contribution in [3.63, 3.8) is 0 Å². The average Bonchev–Trinajstić information content (AvgIpc) is 3.19. The normalized spacial score (nSPS) is 11.0. The molecule has 0 radical (unpaired) electrons. The Hall–Kier alpha value is -2.57. The lowest BCUT2D eigenvalue weighted by Crippen LogP contribution is -1.89. The van der Waals surface area contributed by atoms with E-state index < -0.39 is 0 Å². The van der Waals surface area contributed by atoms with E-state index in [4.69, 9.17) is 4.98 Å². The number of aryl methyl sites for hydroxylation is 1. The van der Waals surface area contributed by atoms with Crippen LogP contribution in [0.2, 0.25) is 0 Å². The van der Waals surface area contributed by atoms with Crippen molar-refractivity contribution >= 4 is 23.5 Å². The smallest absolute Gasteiger partial charge is 0.166 e. The van der Waals surface area contributed by atoms with Gasteiger partial charge in [-0.25, -0.2) is 9.37 Å².